The molecule has 0 aliphatic heterocycles. The smallest absolute Gasteiger partial charge is 0.0654 e. The molecule has 19 heavy (non-hydrogen) atoms. The molecule has 0 saturated heterocycles. The van der Waals surface area contributed by atoms with Gasteiger partial charge in [-0.1, -0.05) is 6.92 Å². The van der Waals surface area contributed by atoms with E-state index in [1.165, 1.54) is 44.9 Å². The van der Waals surface area contributed by atoms with Gasteiger partial charge in [-0.15, -0.1) is 0 Å². The van der Waals surface area contributed by atoms with E-state index in [4.69, 9.17) is 4.74 Å². The first-order valence-electron chi connectivity index (χ1n) is 8.25. The van der Waals surface area contributed by atoms with E-state index in [2.05, 4.69) is 13.8 Å². The van der Waals surface area contributed by atoms with Crippen molar-refractivity contribution in [3.63, 3.8) is 0 Å². The number of hydrogen-bond donors (Lipinski definition) is 1. The maximum Gasteiger partial charge on any atom is 0.0654 e. The molecule has 0 spiro atoms. The standard InChI is InChI=1S/C17H32O2/c1-14-4-11-17(3,12-5-14)19-13-8-15-6-9-16(2,18)10-7-15/h14-15,18H,4-13H2,1-3H3/t14-,15-,16+,17-. The van der Waals surface area contributed by atoms with Crippen molar-refractivity contribution in [2.45, 2.75) is 89.8 Å². The van der Waals surface area contributed by atoms with Crippen LogP contribution in [0.3, 0.4) is 0 Å². The number of aliphatic hydroxyl groups is 1. The zero-order chi connectivity index (χ0) is 13.9. The van der Waals surface area contributed by atoms with Gasteiger partial charge in [0.25, 0.3) is 0 Å². The molecule has 2 heteroatoms. The minimum Gasteiger partial charge on any atom is -0.390 e. The molecule has 112 valence electrons. The maximum absolute atomic E-state index is 9.96. The maximum atomic E-state index is 9.96. The summed E-state index contributed by atoms with van der Waals surface area (Å²) < 4.78 is 6.21. The van der Waals surface area contributed by atoms with Crippen molar-refractivity contribution in [2.75, 3.05) is 6.61 Å². The summed E-state index contributed by atoms with van der Waals surface area (Å²) in [5, 5.41) is 9.96. The van der Waals surface area contributed by atoms with Gasteiger partial charge >= 0.3 is 0 Å². The van der Waals surface area contributed by atoms with Crippen LogP contribution in [0, 0.1) is 11.8 Å². The van der Waals surface area contributed by atoms with Crippen molar-refractivity contribution in [1.82, 2.24) is 0 Å². The van der Waals surface area contributed by atoms with E-state index in [9.17, 15) is 5.11 Å². The van der Waals surface area contributed by atoms with Crippen LogP contribution in [0.4, 0.5) is 0 Å². The monoisotopic (exact) mass is 268 g/mol. The van der Waals surface area contributed by atoms with Crippen LogP contribution in [0.2, 0.25) is 0 Å². The summed E-state index contributed by atoms with van der Waals surface area (Å²) >= 11 is 0. The Labute approximate surface area is 118 Å². The third kappa shape index (κ3) is 4.75. The second-order valence-electron chi connectivity index (χ2n) is 7.71. The Hall–Kier alpha value is -0.0800. The molecule has 0 heterocycles. The van der Waals surface area contributed by atoms with Gasteiger partial charge in [0.2, 0.25) is 0 Å². The molecular weight excluding hydrogens is 236 g/mol. The predicted octanol–water partition coefficient (Wildman–Crippen LogP) is 4.30. The van der Waals surface area contributed by atoms with Gasteiger partial charge in [-0.2, -0.15) is 0 Å². The van der Waals surface area contributed by atoms with Crippen molar-refractivity contribution in [3.05, 3.63) is 0 Å². The van der Waals surface area contributed by atoms with Crippen LogP contribution in [0.25, 0.3) is 0 Å². The van der Waals surface area contributed by atoms with Crippen molar-refractivity contribution >= 4 is 0 Å². The number of rotatable bonds is 4. The van der Waals surface area contributed by atoms with E-state index in [0.717, 1.165) is 31.3 Å². The average Bonchev–Trinajstić information content (AvgIpc) is 2.36. The molecule has 0 aromatic carbocycles. The van der Waals surface area contributed by atoms with Gasteiger partial charge in [-0.05, 0) is 83.5 Å². The second-order valence-corrected chi connectivity index (χ2v) is 7.71. The number of ether oxygens (including phenoxy) is 1. The Morgan fingerprint density at radius 2 is 1.58 bits per heavy atom. The predicted molar refractivity (Wildman–Crippen MR) is 79.2 cm³/mol. The topological polar surface area (TPSA) is 29.5 Å². The molecule has 0 aromatic rings. The van der Waals surface area contributed by atoms with Gasteiger partial charge in [0.15, 0.2) is 0 Å². The van der Waals surface area contributed by atoms with Crippen LogP contribution in [-0.2, 0) is 4.74 Å². The largest absolute Gasteiger partial charge is 0.390 e. The van der Waals surface area contributed by atoms with Crippen LogP contribution in [0.5, 0.6) is 0 Å². The molecule has 0 bridgehead atoms. The van der Waals surface area contributed by atoms with Gasteiger partial charge in [0.05, 0.1) is 11.2 Å². The summed E-state index contributed by atoms with van der Waals surface area (Å²) in [6.07, 6.45) is 10.6. The van der Waals surface area contributed by atoms with Gasteiger partial charge in [0.1, 0.15) is 0 Å². The molecule has 0 radical (unpaired) electrons. The van der Waals surface area contributed by atoms with Crippen molar-refractivity contribution in [2.24, 2.45) is 11.8 Å². The lowest BCUT2D eigenvalue weighted by Gasteiger charge is -2.37. The minimum absolute atomic E-state index is 0.146. The lowest BCUT2D eigenvalue weighted by Crippen LogP contribution is -2.35. The third-order valence-corrected chi connectivity index (χ3v) is 5.49. The Balaban J connectivity index is 1.64. The van der Waals surface area contributed by atoms with Gasteiger partial charge in [-0.3, -0.25) is 0 Å². The van der Waals surface area contributed by atoms with E-state index in [1.807, 2.05) is 6.92 Å². The molecule has 0 unspecified atom stereocenters. The highest BCUT2D eigenvalue weighted by Crippen LogP contribution is 2.36. The lowest BCUT2D eigenvalue weighted by atomic mass is 9.78. The molecule has 2 aliphatic rings. The van der Waals surface area contributed by atoms with E-state index < -0.39 is 5.60 Å². The summed E-state index contributed by atoms with van der Waals surface area (Å²) in [4.78, 5) is 0. The van der Waals surface area contributed by atoms with E-state index in [0.29, 0.717) is 0 Å². The molecule has 0 atom stereocenters. The summed E-state index contributed by atoms with van der Waals surface area (Å²) in [5.74, 6) is 1.66. The molecule has 2 fully saturated rings. The zero-order valence-corrected chi connectivity index (χ0v) is 13.1. The van der Waals surface area contributed by atoms with Gasteiger partial charge in [0, 0.05) is 6.61 Å². The third-order valence-electron chi connectivity index (χ3n) is 5.49. The van der Waals surface area contributed by atoms with Gasteiger partial charge < -0.3 is 9.84 Å². The molecule has 1 N–H and O–H groups in total. The SMILES string of the molecule is C[C@H]1CC[C@](C)(OCC[C@H]2CC[C@@](C)(O)CC2)CC1. The lowest BCUT2D eigenvalue weighted by molar-refractivity contribution is -0.0715. The molecular formula is C17H32O2. The molecule has 0 aromatic heterocycles. The molecule has 2 nitrogen and oxygen atoms in total. The summed E-state index contributed by atoms with van der Waals surface area (Å²) in [7, 11) is 0. The zero-order valence-electron chi connectivity index (χ0n) is 13.1. The van der Waals surface area contributed by atoms with E-state index in [-0.39, 0.29) is 5.60 Å². The summed E-state index contributed by atoms with van der Waals surface area (Å²) in [5.41, 5.74) is -0.254. The van der Waals surface area contributed by atoms with E-state index >= 15 is 0 Å². The molecule has 0 amide bonds. The molecule has 2 rings (SSSR count). The second kappa shape index (κ2) is 6.13. The first-order valence-corrected chi connectivity index (χ1v) is 8.25. The summed E-state index contributed by atoms with van der Waals surface area (Å²) in [6.45, 7) is 7.54. The highest BCUT2D eigenvalue weighted by atomic mass is 16.5. The highest BCUT2D eigenvalue weighted by Gasteiger charge is 2.31. The van der Waals surface area contributed by atoms with Crippen molar-refractivity contribution < 1.29 is 9.84 Å². The molecule has 2 aliphatic carbocycles. The first-order chi connectivity index (χ1) is 8.89. The fourth-order valence-corrected chi connectivity index (χ4v) is 3.58. The molecule has 2 saturated carbocycles. The van der Waals surface area contributed by atoms with Crippen molar-refractivity contribution in [1.29, 1.82) is 0 Å². The average molecular weight is 268 g/mol. The van der Waals surface area contributed by atoms with Crippen LogP contribution < -0.4 is 0 Å². The van der Waals surface area contributed by atoms with E-state index in [1.54, 1.807) is 0 Å². The minimum atomic E-state index is -0.400. The summed E-state index contributed by atoms with van der Waals surface area (Å²) in [6, 6.07) is 0. The van der Waals surface area contributed by atoms with Gasteiger partial charge in [-0.25, -0.2) is 0 Å². The fraction of sp³-hybridized carbons (Fsp3) is 1.00. The van der Waals surface area contributed by atoms with Crippen LogP contribution in [0.15, 0.2) is 0 Å². The quantitative estimate of drug-likeness (QED) is 0.823. The Morgan fingerprint density at radius 1 is 1.00 bits per heavy atom. The first kappa shape index (κ1) is 15.3. The normalized spacial score (nSPS) is 44.2. The van der Waals surface area contributed by atoms with Crippen LogP contribution in [-0.4, -0.2) is 22.9 Å². The highest BCUT2D eigenvalue weighted by molar-refractivity contribution is 4.83. The Bertz CT molecular complexity index is 267. The van der Waals surface area contributed by atoms with Crippen LogP contribution >= 0.6 is 0 Å². The Morgan fingerprint density at radius 3 is 2.16 bits per heavy atom. The van der Waals surface area contributed by atoms with Crippen molar-refractivity contribution in [3.8, 4) is 0 Å². The van der Waals surface area contributed by atoms with Crippen LogP contribution in [0.1, 0.15) is 78.6 Å². The Kier molecular flexibility index (Phi) is 4.94. The fourth-order valence-electron chi connectivity index (χ4n) is 3.58. The number of hydrogen-bond acceptors (Lipinski definition) is 2.